The third kappa shape index (κ3) is 2.97. The van der Waals surface area contributed by atoms with E-state index in [9.17, 15) is 0 Å². The molecule has 0 amide bonds. The van der Waals surface area contributed by atoms with E-state index in [4.69, 9.17) is 0 Å². The summed E-state index contributed by atoms with van der Waals surface area (Å²) in [6, 6.07) is 36.0. The van der Waals surface area contributed by atoms with Crippen LogP contribution in [0.3, 0.4) is 0 Å². The van der Waals surface area contributed by atoms with Gasteiger partial charge in [0.25, 0.3) is 0 Å². The van der Waals surface area contributed by atoms with Gasteiger partial charge in [0.15, 0.2) is 0 Å². The first-order valence-corrected chi connectivity index (χ1v) is 12.7. The van der Waals surface area contributed by atoms with Crippen molar-refractivity contribution in [2.75, 3.05) is 0 Å². The van der Waals surface area contributed by atoms with Gasteiger partial charge in [-0.2, -0.15) is 0 Å². The van der Waals surface area contributed by atoms with E-state index in [2.05, 4.69) is 133 Å². The standard InChI is InChI=1S/C34H28N2/c1-34(2)28-14-6-3-11-25(28)26-12-4-7-16-30(26)36-31-17-8-5-13-27(31)32(33(34)36)24-20-18-23(19-21-24)29-15-9-10-22-35-29/h3-22,29,35H,1-2H3. The lowest BCUT2D eigenvalue weighted by atomic mass is 9.76. The minimum atomic E-state index is -0.207. The number of aromatic nitrogens is 1. The number of nitrogens with one attached hydrogen (secondary N) is 1. The molecule has 1 atom stereocenters. The zero-order valence-corrected chi connectivity index (χ0v) is 20.6. The number of allylic oxidation sites excluding steroid dienone is 2. The van der Waals surface area contributed by atoms with Crippen LogP contribution >= 0.6 is 0 Å². The highest BCUT2D eigenvalue weighted by atomic mass is 15.0. The normalized spacial score (nSPS) is 17.1. The zero-order valence-electron chi connectivity index (χ0n) is 20.6. The second-order valence-corrected chi connectivity index (χ2v) is 10.3. The first kappa shape index (κ1) is 21.0. The fourth-order valence-electron chi connectivity index (χ4n) is 6.17. The smallest absolute Gasteiger partial charge is 0.0695 e. The van der Waals surface area contributed by atoms with Gasteiger partial charge in [-0.3, -0.25) is 0 Å². The summed E-state index contributed by atoms with van der Waals surface area (Å²) < 4.78 is 2.52. The molecule has 2 aliphatic heterocycles. The Kier molecular flexibility index (Phi) is 4.59. The topological polar surface area (TPSA) is 17.0 Å². The fourth-order valence-corrected chi connectivity index (χ4v) is 6.17. The molecule has 5 aromatic rings. The van der Waals surface area contributed by atoms with E-state index in [0.29, 0.717) is 0 Å². The highest BCUT2D eigenvalue weighted by Gasteiger charge is 2.37. The summed E-state index contributed by atoms with van der Waals surface area (Å²) in [5, 5.41) is 4.73. The summed E-state index contributed by atoms with van der Waals surface area (Å²) in [6.45, 7) is 4.76. The first-order chi connectivity index (χ1) is 17.6. The lowest BCUT2D eigenvalue weighted by molar-refractivity contribution is 0.613. The fraction of sp³-hybridized carbons (Fsp3) is 0.118. The van der Waals surface area contributed by atoms with Crippen LogP contribution in [0.4, 0.5) is 0 Å². The van der Waals surface area contributed by atoms with Crippen molar-refractivity contribution < 1.29 is 0 Å². The van der Waals surface area contributed by atoms with Crippen molar-refractivity contribution in [1.29, 1.82) is 0 Å². The van der Waals surface area contributed by atoms with Crippen molar-refractivity contribution in [2.45, 2.75) is 25.3 Å². The van der Waals surface area contributed by atoms with E-state index >= 15 is 0 Å². The molecule has 2 heteroatoms. The van der Waals surface area contributed by atoms with Crippen LogP contribution in [-0.4, -0.2) is 4.57 Å². The molecule has 0 spiro atoms. The van der Waals surface area contributed by atoms with Gasteiger partial charge in [0.1, 0.15) is 0 Å². The van der Waals surface area contributed by atoms with Gasteiger partial charge in [0, 0.05) is 27.6 Å². The maximum atomic E-state index is 3.44. The molecule has 2 nitrogen and oxygen atoms in total. The summed E-state index contributed by atoms with van der Waals surface area (Å²) in [5.74, 6) is 0. The Morgan fingerprint density at radius 3 is 2.25 bits per heavy atom. The van der Waals surface area contributed by atoms with Gasteiger partial charge in [0.05, 0.1) is 17.2 Å². The Morgan fingerprint density at radius 1 is 0.722 bits per heavy atom. The third-order valence-corrected chi connectivity index (χ3v) is 7.85. The van der Waals surface area contributed by atoms with Gasteiger partial charge in [-0.05, 0) is 46.7 Å². The van der Waals surface area contributed by atoms with E-state index in [-0.39, 0.29) is 11.5 Å². The molecule has 0 bridgehead atoms. The molecular weight excluding hydrogens is 436 g/mol. The Morgan fingerprint density at radius 2 is 1.44 bits per heavy atom. The van der Waals surface area contributed by atoms with Gasteiger partial charge in [-0.25, -0.2) is 0 Å². The van der Waals surface area contributed by atoms with Crippen LogP contribution in [0, 0.1) is 0 Å². The number of dihydropyridines is 1. The highest BCUT2D eigenvalue weighted by molar-refractivity contribution is 6.01. The molecule has 174 valence electrons. The maximum Gasteiger partial charge on any atom is 0.0695 e. The van der Waals surface area contributed by atoms with Crippen LogP contribution in [0.1, 0.15) is 36.7 Å². The highest BCUT2D eigenvalue weighted by Crippen LogP contribution is 2.51. The van der Waals surface area contributed by atoms with Crippen LogP contribution in [-0.2, 0) is 5.41 Å². The molecule has 4 aromatic carbocycles. The molecule has 0 aliphatic carbocycles. The minimum Gasteiger partial charge on any atom is -0.381 e. The number of benzene rings is 4. The summed E-state index contributed by atoms with van der Waals surface area (Å²) >= 11 is 0. The number of nitrogens with zero attached hydrogens (tertiary/aromatic N) is 1. The molecular formula is C34H28N2. The van der Waals surface area contributed by atoms with Crippen molar-refractivity contribution in [3.05, 3.63) is 138 Å². The zero-order chi connectivity index (χ0) is 24.3. The van der Waals surface area contributed by atoms with Crippen LogP contribution in [0.25, 0.3) is 38.8 Å². The number of fused-ring (bicyclic) bond motifs is 7. The average molecular weight is 465 g/mol. The predicted molar refractivity (Wildman–Crippen MR) is 150 cm³/mol. The first-order valence-electron chi connectivity index (χ1n) is 12.7. The maximum absolute atomic E-state index is 3.44. The van der Waals surface area contributed by atoms with Gasteiger partial charge < -0.3 is 9.88 Å². The molecule has 1 unspecified atom stereocenters. The summed E-state index contributed by atoms with van der Waals surface area (Å²) in [7, 11) is 0. The second kappa shape index (κ2) is 7.86. The average Bonchev–Trinajstić information content (AvgIpc) is 3.26. The van der Waals surface area contributed by atoms with Gasteiger partial charge in [-0.1, -0.05) is 111 Å². The number of para-hydroxylation sites is 2. The molecule has 7 rings (SSSR count). The van der Waals surface area contributed by atoms with E-state index in [1.165, 1.54) is 55.7 Å². The van der Waals surface area contributed by atoms with Crippen molar-refractivity contribution in [3.63, 3.8) is 0 Å². The molecule has 3 heterocycles. The van der Waals surface area contributed by atoms with Gasteiger partial charge in [-0.15, -0.1) is 0 Å². The van der Waals surface area contributed by atoms with Gasteiger partial charge in [0.2, 0.25) is 0 Å². The Labute approximate surface area is 212 Å². The molecule has 1 N–H and O–H groups in total. The molecule has 0 fully saturated rings. The van der Waals surface area contributed by atoms with Crippen LogP contribution in [0.15, 0.2) is 121 Å². The quantitative estimate of drug-likeness (QED) is 0.278. The summed E-state index contributed by atoms with van der Waals surface area (Å²) in [4.78, 5) is 0. The van der Waals surface area contributed by atoms with Crippen molar-refractivity contribution >= 4 is 10.9 Å². The summed E-state index contributed by atoms with van der Waals surface area (Å²) in [5.41, 5.74) is 11.4. The number of hydrogen-bond acceptors (Lipinski definition) is 1. The molecule has 0 radical (unpaired) electrons. The SMILES string of the molecule is CC1(C)c2ccccc2-c2ccccc2-n2c1c(-c1ccc(C3C=CC=CN3)cc1)c1ccccc12. The van der Waals surface area contributed by atoms with Crippen molar-refractivity contribution in [2.24, 2.45) is 0 Å². The predicted octanol–water partition coefficient (Wildman–Crippen LogP) is 8.32. The van der Waals surface area contributed by atoms with Crippen LogP contribution < -0.4 is 5.32 Å². The van der Waals surface area contributed by atoms with E-state index in [1.807, 2.05) is 12.3 Å². The Hall–Kier alpha value is -4.30. The molecule has 2 aliphatic rings. The largest absolute Gasteiger partial charge is 0.381 e. The molecule has 0 saturated heterocycles. The molecule has 1 aromatic heterocycles. The van der Waals surface area contributed by atoms with E-state index in [0.717, 1.165) is 0 Å². The lowest BCUT2D eigenvalue weighted by Gasteiger charge is -2.29. The second-order valence-electron chi connectivity index (χ2n) is 10.3. The third-order valence-electron chi connectivity index (χ3n) is 7.85. The van der Waals surface area contributed by atoms with Crippen LogP contribution in [0.2, 0.25) is 0 Å². The minimum absolute atomic E-state index is 0.207. The number of hydrogen-bond donors (Lipinski definition) is 1. The lowest BCUT2D eigenvalue weighted by Crippen LogP contribution is -2.22. The van der Waals surface area contributed by atoms with Crippen molar-refractivity contribution in [3.8, 4) is 27.9 Å². The molecule has 0 saturated carbocycles. The Balaban J connectivity index is 1.55. The Bertz CT molecular complexity index is 1680. The van der Waals surface area contributed by atoms with Crippen molar-refractivity contribution in [1.82, 2.24) is 9.88 Å². The van der Waals surface area contributed by atoms with Gasteiger partial charge >= 0.3 is 0 Å². The molecule has 36 heavy (non-hydrogen) atoms. The monoisotopic (exact) mass is 464 g/mol. The number of rotatable bonds is 2. The van der Waals surface area contributed by atoms with Crippen LogP contribution in [0.5, 0.6) is 0 Å². The van der Waals surface area contributed by atoms with E-state index in [1.54, 1.807) is 0 Å². The summed E-state index contributed by atoms with van der Waals surface area (Å²) in [6.07, 6.45) is 8.35. The van der Waals surface area contributed by atoms with E-state index < -0.39 is 0 Å².